The third-order valence-electron chi connectivity index (χ3n) is 7.80. The number of aliphatic hydroxyl groups excluding tert-OH is 1. The topological polar surface area (TPSA) is 152 Å². The number of carbonyl (C=O) groups excluding carboxylic acids is 4. The molecule has 0 fully saturated rings. The summed E-state index contributed by atoms with van der Waals surface area (Å²) in [7, 11) is 1.51. The van der Waals surface area contributed by atoms with E-state index >= 15 is 0 Å². The highest BCUT2D eigenvalue weighted by Crippen LogP contribution is 2.19. The second-order valence-electron chi connectivity index (χ2n) is 12.5. The molecule has 3 atom stereocenters. The van der Waals surface area contributed by atoms with Crippen molar-refractivity contribution in [3.8, 4) is 6.07 Å². The molecule has 50 heavy (non-hydrogen) atoms. The number of nitriles is 1. The summed E-state index contributed by atoms with van der Waals surface area (Å²) in [5.74, 6) is -3.60. The quantitative estimate of drug-likeness (QED) is 0.139. The van der Waals surface area contributed by atoms with Gasteiger partial charge < -0.3 is 26.0 Å². The number of aliphatic hydroxyl groups is 1. The highest BCUT2D eigenvalue weighted by Gasteiger charge is 2.30. The van der Waals surface area contributed by atoms with Gasteiger partial charge in [0.1, 0.15) is 35.4 Å². The fourth-order valence-electron chi connectivity index (χ4n) is 5.09. The van der Waals surface area contributed by atoms with Crippen LogP contribution in [-0.2, 0) is 38.6 Å². The van der Waals surface area contributed by atoms with Gasteiger partial charge >= 0.3 is 0 Å². The molecule has 0 radical (unpaired) electrons. The third kappa shape index (κ3) is 11.6. The van der Waals surface area contributed by atoms with E-state index in [9.17, 15) is 38.3 Å². The molecule has 3 rings (SSSR count). The number of hydrogen-bond donors (Lipinski definition) is 4. The molecule has 0 aliphatic rings. The van der Waals surface area contributed by atoms with Crippen LogP contribution in [0.3, 0.4) is 0 Å². The van der Waals surface area contributed by atoms with Gasteiger partial charge in [0.2, 0.25) is 17.7 Å². The molecule has 0 heterocycles. The zero-order valence-corrected chi connectivity index (χ0v) is 28.8. The Balaban J connectivity index is 1.83. The molecule has 4 amide bonds. The molecule has 0 aliphatic carbocycles. The number of carbonyl (C=O) groups is 4. The highest BCUT2D eigenvalue weighted by atomic mass is 19.1. The Morgan fingerprint density at radius 2 is 1.64 bits per heavy atom. The standard InChI is InChI=1S/C38H43F2N5O5/c1-23(2)16-29(21-41)38(50)45(5)31-11-7-9-27(19-31)20-33(36(48)42-22-28-14-12-24(3)17-32(28)40)43-37(49)35(25(4)46)44-34(47)15-13-26-8-6-10-30(39)18-26/h6-12,14,16-19,23,25,33,35,46H,13,15,20,22H2,1-5H3,(H,42,48)(H,43,49)(H,44,47)/t25-,33+,35+/m1/s1. The van der Waals surface area contributed by atoms with E-state index in [1.807, 2.05) is 19.9 Å². The average Bonchev–Trinajstić information content (AvgIpc) is 3.07. The molecule has 0 aromatic heterocycles. The van der Waals surface area contributed by atoms with Crippen LogP contribution in [0.5, 0.6) is 0 Å². The number of allylic oxidation sites excluding steroid dienone is 1. The summed E-state index contributed by atoms with van der Waals surface area (Å²) >= 11 is 0. The van der Waals surface area contributed by atoms with Gasteiger partial charge in [0, 0.05) is 37.7 Å². The van der Waals surface area contributed by atoms with Gasteiger partial charge in [-0.2, -0.15) is 5.26 Å². The van der Waals surface area contributed by atoms with Gasteiger partial charge in [-0.25, -0.2) is 8.78 Å². The van der Waals surface area contributed by atoms with E-state index in [1.54, 1.807) is 55.5 Å². The second kappa shape index (κ2) is 18.4. The number of nitrogens with zero attached hydrogens (tertiary/aromatic N) is 2. The number of rotatable bonds is 15. The summed E-state index contributed by atoms with van der Waals surface area (Å²) in [5.41, 5.74) is 2.44. The van der Waals surface area contributed by atoms with Crippen molar-refractivity contribution in [2.24, 2.45) is 5.92 Å². The summed E-state index contributed by atoms with van der Waals surface area (Å²) in [6.45, 7) is 6.56. The number of amides is 4. The van der Waals surface area contributed by atoms with Crippen molar-refractivity contribution in [2.45, 2.75) is 71.7 Å². The predicted molar refractivity (Wildman–Crippen MR) is 185 cm³/mol. The van der Waals surface area contributed by atoms with Gasteiger partial charge in [-0.1, -0.05) is 56.3 Å². The van der Waals surface area contributed by atoms with Crippen molar-refractivity contribution in [1.29, 1.82) is 5.26 Å². The normalized spacial score (nSPS) is 13.1. The Morgan fingerprint density at radius 1 is 0.940 bits per heavy atom. The zero-order chi connectivity index (χ0) is 37.0. The van der Waals surface area contributed by atoms with Crippen LogP contribution in [0.25, 0.3) is 0 Å². The van der Waals surface area contributed by atoms with E-state index in [4.69, 9.17) is 0 Å². The highest BCUT2D eigenvalue weighted by molar-refractivity contribution is 6.08. The largest absolute Gasteiger partial charge is 0.391 e. The summed E-state index contributed by atoms with van der Waals surface area (Å²) < 4.78 is 28.1. The lowest BCUT2D eigenvalue weighted by Crippen LogP contribution is -2.57. The van der Waals surface area contributed by atoms with Gasteiger partial charge in [-0.05, 0) is 73.2 Å². The van der Waals surface area contributed by atoms with Crippen molar-refractivity contribution in [2.75, 3.05) is 11.9 Å². The minimum atomic E-state index is -1.44. The van der Waals surface area contributed by atoms with Crippen LogP contribution in [0, 0.1) is 35.8 Å². The molecule has 0 bridgehead atoms. The number of benzene rings is 3. The van der Waals surface area contributed by atoms with Crippen LogP contribution in [-0.4, -0.2) is 54.0 Å². The zero-order valence-electron chi connectivity index (χ0n) is 28.8. The maximum atomic E-state index is 14.5. The van der Waals surface area contributed by atoms with Crippen LogP contribution < -0.4 is 20.9 Å². The SMILES string of the molecule is Cc1ccc(CNC(=O)[C@H](Cc2cccc(N(C)C(=O)C(C#N)=CC(C)C)c2)NC(=O)[C@@H](NC(=O)CCc2cccc(F)c2)[C@@H](C)O)c(F)c1. The molecule has 264 valence electrons. The van der Waals surface area contributed by atoms with Gasteiger partial charge in [-0.3, -0.25) is 19.2 Å². The van der Waals surface area contributed by atoms with Gasteiger partial charge in [0.15, 0.2) is 0 Å². The molecule has 0 aliphatic heterocycles. The smallest absolute Gasteiger partial charge is 0.268 e. The lowest BCUT2D eigenvalue weighted by atomic mass is 10.0. The van der Waals surface area contributed by atoms with Crippen molar-refractivity contribution < 1.29 is 33.1 Å². The summed E-state index contributed by atoms with van der Waals surface area (Å²) in [5, 5.41) is 27.7. The Bertz CT molecular complexity index is 1770. The first-order valence-electron chi connectivity index (χ1n) is 16.2. The second-order valence-corrected chi connectivity index (χ2v) is 12.5. The number of nitrogens with one attached hydrogen (secondary N) is 3. The summed E-state index contributed by atoms with van der Waals surface area (Å²) in [6.07, 6.45) is 0.222. The molecular formula is C38H43F2N5O5. The summed E-state index contributed by atoms with van der Waals surface area (Å²) in [4.78, 5) is 54.2. The molecule has 10 nitrogen and oxygen atoms in total. The third-order valence-corrected chi connectivity index (χ3v) is 7.80. The van der Waals surface area contributed by atoms with Crippen LogP contribution >= 0.6 is 0 Å². The van der Waals surface area contributed by atoms with Crippen LogP contribution in [0.1, 0.15) is 49.4 Å². The number of likely N-dealkylation sites (N-methyl/N-ethyl adjacent to an activating group) is 1. The minimum Gasteiger partial charge on any atom is -0.391 e. The Kier molecular flexibility index (Phi) is 14.3. The van der Waals surface area contributed by atoms with Crippen molar-refractivity contribution in [3.63, 3.8) is 0 Å². The fraction of sp³-hybridized carbons (Fsp3) is 0.342. The fourth-order valence-corrected chi connectivity index (χ4v) is 5.09. The maximum absolute atomic E-state index is 14.5. The first-order chi connectivity index (χ1) is 23.7. The molecule has 4 N–H and O–H groups in total. The monoisotopic (exact) mass is 687 g/mol. The maximum Gasteiger partial charge on any atom is 0.268 e. The Morgan fingerprint density at radius 3 is 2.28 bits per heavy atom. The lowest BCUT2D eigenvalue weighted by Gasteiger charge is -2.25. The first-order valence-corrected chi connectivity index (χ1v) is 16.2. The van der Waals surface area contributed by atoms with Crippen LogP contribution in [0.15, 0.2) is 78.4 Å². The Hall–Kier alpha value is -5.41. The molecule has 3 aromatic rings. The number of hydrogen-bond acceptors (Lipinski definition) is 6. The molecule has 0 saturated heterocycles. The van der Waals surface area contributed by atoms with Crippen LogP contribution in [0.2, 0.25) is 0 Å². The van der Waals surface area contributed by atoms with E-state index in [0.29, 0.717) is 22.4 Å². The van der Waals surface area contributed by atoms with E-state index in [2.05, 4.69) is 16.0 Å². The van der Waals surface area contributed by atoms with Gasteiger partial charge in [-0.15, -0.1) is 0 Å². The molecule has 12 heteroatoms. The Labute approximate surface area is 291 Å². The summed E-state index contributed by atoms with van der Waals surface area (Å²) in [6, 6.07) is 16.2. The van der Waals surface area contributed by atoms with Crippen molar-refractivity contribution in [1.82, 2.24) is 16.0 Å². The lowest BCUT2D eigenvalue weighted by molar-refractivity contribution is -0.134. The minimum absolute atomic E-state index is 0.0251. The molecule has 0 unspecified atom stereocenters. The number of halogens is 2. The molecule has 0 spiro atoms. The number of aryl methyl sites for hydroxylation is 2. The van der Waals surface area contributed by atoms with Gasteiger partial charge in [0.05, 0.1) is 6.10 Å². The van der Waals surface area contributed by atoms with Gasteiger partial charge in [0.25, 0.3) is 5.91 Å². The van der Waals surface area contributed by atoms with E-state index in [0.717, 1.165) is 0 Å². The van der Waals surface area contributed by atoms with Crippen molar-refractivity contribution in [3.05, 3.63) is 112 Å². The molecular weight excluding hydrogens is 644 g/mol. The predicted octanol–water partition coefficient (Wildman–Crippen LogP) is 4.18. The molecule has 0 saturated carbocycles. The first kappa shape index (κ1) is 39.0. The van der Waals surface area contributed by atoms with E-state index in [1.165, 1.54) is 43.1 Å². The van der Waals surface area contributed by atoms with Crippen molar-refractivity contribution >= 4 is 29.3 Å². The van der Waals surface area contributed by atoms with E-state index < -0.39 is 53.5 Å². The van der Waals surface area contributed by atoms with E-state index in [-0.39, 0.29) is 42.9 Å². The average molecular weight is 688 g/mol. The van der Waals surface area contributed by atoms with Crippen LogP contribution in [0.4, 0.5) is 14.5 Å². The molecule has 3 aromatic carbocycles. The number of anilines is 1.